The van der Waals surface area contributed by atoms with Gasteiger partial charge >= 0.3 is 92.0 Å². The van der Waals surface area contributed by atoms with Gasteiger partial charge in [-0.3, -0.25) is 0 Å². The van der Waals surface area contributed by atoms with Gasteiger partial charge in [0, 0.05) is 0 Å². The number of rotatable bonds is 2. The zero-order valence-corrected chi connectivity index (χ0v) is 8.14. The van der Waals surface area contributed by atoms with Crippen LogP contribution in [0, 0.1) is 0 Å². The summed E-state index contributed by atoms with van der Waals surface area (Å²) in [4.78, 5) is 13.0. The summed E-state index contributed by atoms with van der Waals surface area (Å²) >= 11 is 1.99. The SMILES string of the molecule is [Li][C@H]1COC(=O)N1Cc1ccccc1. The molecule has 1 heterocycles. The molecule has 0 N–H and O–H groups in total. The molecule has 1 saturated heterocycles. The van der Waals surface area contributed by atoms with Crippen molar-refractivity contribution < 1.29 is 9.53 Å². The molecule has 4 heteroatoms. The Hall–Kier alpha value is -0.913. The molecule has 0 aromatic heterocycles. The predicted molar refractivity (Wildman–Crippen MR) is 52.9 cm³/mol. The van der Waals surface area contributed by atoms with Crippen molar-refractivity contribution in [3.63, 3.8) is 0 Å². The molecular formula is C10H10LiNO2. The molecule has 0 radical (unpaired) electrons. The predicted octanol–water partition coefficient (Wildman–Crippen LogP) is 1.13. The summed E-state index contributed by atoms with van der Waals surface area (Å²) in [6, 6.07) is 9.94. The van der Waals surface area contributed by atoms with Crippen LogP contribution < -0.4 is 0 Å². The van der Waals surface area contributed by atoms with Gasteiger partial charge in [0.05, 0.1) is 0 Å². The second-order valence-corrected chi connectivity index (χ2v) is 3.54. The molecule has 1 aliphatic heterocycles. The zero-order valence-electron chi connectivity index (χ0n) is 8.14. The Balaban J connectivity index is 2.07. The number of benzene rings is 1. The van der Waals surface area contributed by atoms with Gasteiger partial charge in [-0.1, -0.05) is 0 Å². The third-order valence-electron chi connectivity index (χ3n) is 2.41. The van der Waals surface area contributed by atoms with Crippen molar-refractivity contribution in [2.24, 2.45) is 0 Å². The minimum atomic E-state index is -0.207. The number of hydrogen-bond acceptors (Lipinski definition) is 2. The summed E-state index contributed by atoms with van der Waals surface area (Å²) in [7, 11) is 0. The molecule has 1 fully saturated rings. The Labute approximate surface area is 92.2 Å². The van der Waals surface area contributed by atoms with E-state index in [9.17, 15) is 4.79 Å². The number of amides is 1. The first-order valence-electron chi connectivity index (χ1n) is 4.74. The molecule has 0 spiro atoms. The topological polar surface area (TPSA) is 29.5 Å². The summed E-state index contributed by atoms with van der Waals surface area (Å²) in [5.74, 6) is 0. The number of carbonyl (C=O) groups excluding carboxylic acids is 1. The summed E-state index contributed by atoms with van der Waals surface area (Å²) < 4.78 is 5.12. The van der Waals surface area contributed by atoms with Crippen molar-refractivity contribution in [3.8, 4) is 0 Å². The fourth-order valence-electron chi connectivity index (χ4n) is 1.55. The first-order chi connectivity index (χ1) is 6.77. The molecule has 1 aliphatic rings. The molecule has 1 aromatic rings. The maximum atomic E-state index is 11.3. The van der Waals surface area contributed by atoms with Crippen molar-refractivity contribution in [1.29, 1.82) is 0 Å². The van der Waals surface area contributed by atoms with Gasteiger partial charge in [-0.05, 0) is 0 Å². The molecule has 1 atom stereocenters. The van der Waals surface area contributed by atoms with Crippen molar-refractivity contribution in [1.82, 2.24) is 4.90 Å². The van der Waals surface area contributed by atoms with Crippen molar-refractivity contribution >= 4 is 23.8 Å². The van der Waals surface area contributed by atoms with Crippen LogP contribution in [0.3, 0.4) is 0 Å². The summed E-state index contributed by atoms with van der Waals surface area (Å²) in [5.41, 5.74) is 1.14. The number of ether oxygens (including phenoxy) is 1. The monoisotopic (exact) mass is 183 g/mol. The van der Waals surface area contributed by atoms with Gasteiger partial charge in [0.15, 0.2) is 0 Å². The van der Waals surface area contributed by atoms with Crippen LogP contribution in [0.15, 0.2) is 30.3 Å². The van der Waals surface area contributed by atoms with E-state index in [1.807, 2.05) is 48.0 Å². The fourth-order valence-corrected chi connectivity index (χ4v) is 1.55. The van der Waals surface area contributed by atoms with Gasteiger partial charge < -0.3 is 0 Å². The van der Waals surface area contributed by atoms with Gasteiger partial charge in [0.1, 0.15) is 0 Å². The third kappa shape index (κ3) is 1.94. The van der Waals surface area contributed by atoms with Crippen molar-refractivity contribution in [2.45, 2.75) is 11.3 Å². The molecule has 0 saturated carbocycles. The van der Waals surface area contributed by atoms with Crippen LogP contribution in [-0.2, 0) is 11.3 Å². The van der Waals surface area contributed by atoms with Crippen LogP contribution in [0.4, 0.5) is 4.79 Å². The van der Waals surface area contributed by atoms with Crippen LogP contribution in [-0.4, -0.2) is 40.0 Å². The summed E-state index contributed by atoms with van der Waals surface area (Å²) in [5, 5.41) is 0. The van der Waals surface area contributed by atoms with Gasteiger partial charge in [-0.15, -0.1) is 0 Å². The first kappa shape index (κ1) is 9.64. The minimum absolute atomic E-state index is 0.183. The Morgan fingerprint density at radius 3 is 2.71 bits per heavy atom. The molecule has 68 valence electrons. The molecule has 14 heavy (non-hydrogen) atoms. The number of carbonyl (C=O) groups is 1. The van der Waals surface area contributed by atoms with E-state index in [2.05, 4.69) is 0 Å². The Kier molecular flexibility index (Phi) is 2.81. The zero-order chi connectivity index (χ0) is 9.97. The van der Waals surface area contributed by atoms with Crippen molar-refractivity contribution in [2.75, 3.05) is 6.61 Å². The van der Waals surface area contributed by atoms with Gasteiger partial charge in [0.2, 0.25) is 0 Å². The molecule has 0 bridgehead atoms. The number of hydrogen-bond donors (Lipinski definition) is 0. The molecule has 3 nitrogen and oxygen atoms in total. The first-order valence-corrected chi connectivity index (χ1v) is 4.74. The molecule has 1 amide bonds. The van der Waals surface area contributed by atoms with E-state index in [4.69, 9.17) is 4.74 Å². The molecule has 0 unspecified atom stereocenters. The molecule has 2 rings (SSSR count). The second kappa shape index (κ2) is 4.08. The molecular weight excluding hydrogens is 173 g/mol. The fraction of sp³-hybridized carbons (Fsp3) is 0.300. The number of nitrogens with zero attached hydrogens (tertiary/aromatic N) is 1. The third-order valence-corrected chi connectivity index (χ3v) is 2.41. The quantitative estimate of drug-likeness (QED) is 0.643. The second-order valence-electron chi connectivity index (χ2n) is 3.54. The van der Waals surface area contributed by atoms with Crippen molar-refractivity contribution in [3.05, 3.63) is 35.9 Å². The Bertz CT molecular complexity index is 328. The summed E-state index contributed by atoms with van der Waals surface area (Å²) in [6.07, 6.45) is -0.207. The number of cyclic esters (lactones) is 1. The average Bonchev–Trinajstić information content (AvgIpc) is 2.51. The van der Waals surface area contributed by atoms with E-state index in [-0.39, 0.29) is 10.8 Å². The standard InChI is InChI=1S/C10H10NO2.Li/c12-10-11(6-7-13-10)8-9-4-2-1-3-5-9;/h1-6H,7-8H2;. The van der Waals surface area contributed by atoms with Gasteiger partial charge in [-0.2, -0.15) is 0 Å². The van der Waals surface area contributed by atoms with E-state index < -0.39 is 0 Å². The Morgan fingerprint density at radius 1 is 1.43 bits per heavy atom. The summed E-state index contributed by atoms with van der Waals surface area (Å²) in [6.45, 7) is 1.15. The van der Waals surface area contributed by atoms with E-state index in [0.29, 0.717) is 13.2 Å². The van der Waals surface area contributed by atoms with Crippen LogP contribution in [0.25, 0.3) is 0 Å². The van der Waals surface area contributed by atoms with Crippen LogP contribution in [0.2, 0.25) is 0 Å². The van der Waals surface area contributed by atoms with Crippen LogP contribution >= 0.6 is 0 Å². The van der Waals surface area contributed by atoms with E-state index in [1.54, 1.807) is 4.90 Å². The maximum absolute atomic E-state index is 11.3. The van der Waals surface area contributed by atoms with Crippen LogP contribution in [0.1, 0.15) is 5.56 Å². The van der Waals surface area contributed by atoms with E-state index in [0.717, 1.165) is 5.56 Å². The van der Waals surface area contributed by atoms with E-state index >= 15 is 0 Å². The average molecular weight is 183 g/mol. The molecule has 1 aromatic carbocycles. The van der Waals surface area contributed by atoms with E-state index in [1.165, 1.54) is 0 Å². The normalized spacial score (nSPS) is 21.1. The van der Waals surface area contributed by atoms with Gasteiger partial charge in [-0.25, -0.2) is 0 Å². The molecule has 0 aliphatic carbocycles. The van der Waals surface area contributed by atoms with Gasteiger partial charge in [0.25, 0.3) is 0 Å². The Morgan fingerprint density at radius 2 is 2.14 bits per heavy atom. The van der Waals surface area contributed by atoms with Crippen LogP contribution in [0.5, 0.6) is 0 Å².